The number of alkyl carbamates (subject to hydrolysis) is 1. The molecule has 50 heavy (non-hydrogen) atoms. The largest absolute Gasteiger partial charge is 0.456 e. The molecule has 0 saturated heterocycles. The monoisotopic (exact) mass is 705 g/mol. The maximum Gasteiger partial charge on any atom is 0.408 e. The van der Waals surface area contributed by atoms with Gasteiger partial charge in [0.15, 0.2) is 11.9 Å². The zero-order valence-electron chi connectivity index (χ0n) is 30.6. The van der Waals surface area contributed by atoms with Crippen LogP contribution < -0.4 is 5.32 Å². The summed E-state index contributed by atoms with van der Waals surface area (Å²) in [6.45, 7) is 11.7. The molecule has 13 nitrogen and oxygen atoms in total. The number of esters is 1. The number of carbonyl (C=O) groups excluding carboxylic acids is 3. The van der Waals surface area contributed by atoms with Crippen molar-refractivity contribution in [1.82, 2.24) is 5.32 Å². The van der Waals surface area contributed by atoms with Gasteiger partial charge in [0.25, 0.3) is 0 Å². The van der Waals surface area contributed by atoms with Crippen LogP contribution in [0.1, 0.15) is 79.3 Å². The van der Waals surface area contributed by atoms with Crippen molar-refractivity contribution in [2.45, 2.75) is 122 Å². The van der Waals surface area contributed by atoms with Gasteiger partial charge in [0.1, 0.15) is 23.4 Å². The number of ketones is 1. The minimum atomic E-state index is -1.98. The van der Waals surface area contributed by atoms with Crippen LogP contribution >= 0.6 is 0 Å². The van der Waals surface area contributed by atoms with E-state index in [4.69, 9.17) is 23.7 Å². The molecule has 13 heteroatoms. The number of nitrogens with one attached hydrogen (secondary N) is 1. The highest BCUT2D eigenvalue weighted by Crippen LogP contribution is 2.59. The Morgan fingerprint density at radius 3 is 2.26 bits per heavy atom. The van der Waals surface area contributed by atoms with E-state index in [0.29, 0.717) is 23.1 Å². The number of fused-ring (bicyclic) bond motifs is 3. The molecule has 1 amide bonds. The molecule has 10 atom stereocenters. The van der Waals surface area contributed by atoms with Crippen LogP contribution in [0.5, 0.6) is 0 Å². The molecule has 2 fully saturated rings. The first-order valence-corrected chi connectivity index (χ1v) is 17.1. The molecule has 1 aromatic rings. The fourth-order valence-corrected chi connectivity index (χ4v) is 8.34. The Morgan fingerprint density at radius 1 is 1.06 bits per heavy atom. The highest BCUT2D eigenvalue weighted by molar-refractivity contribution is 5.93. The van der Waals surface area contributed by atoms with Gasteiger partial charge in [0, 0.05) is 38.4 Å². The second kappa shape index (κ2) is 15.0. The number of ether oxygens (including phenoxy) is 5. The molecule has 0 radical (unpaired) electrons. The first kappa shape index (κ1) is 39.9. The molecule has 0 aromatic heterocycles. The number of carbonyl (C=O) groups is 3. The van der Waals surface area contributed by atoms with Gasteiger partial charge in [-0.1, -0.05) is 44.2 Å². The topological polar surface area (TPSA) is 190 Å². The summed E-state index contributed by atoms with van der Waals surface area (Å²) >= 11 is 0. The lowest BCUT2D eigenvalue weighted by Crippen LogP contribution is -2.71. The Bertz CT molecular complexity index is 1420. The van der Waals surface area contributed by atoms with Gasteiger partial charge in [-0.3, -0.25) is 4.79 Å². The van der Waals surface area contributed by atoms with E-state index in [2.05, 4.69) is 5.32 Å². The Kier molecular flexibility index (Phi) is 11.9. The van der Waals surface area contributed by atoms with Gasteiger partial charge in [-0.2, -0.15) is 0 Å². The average molecular weight is 706 g/mol. The van der Waals surface area contributed by atoms with E-state index in [9.17, 15) is 34.8 Å². The Morgan fingerprint density at radius 2 is 1.70 bits per heavy atom. The fourth-order valence-electron chi connectivity index (χ4n) is 8.34. The SMILES string of the molecule is COC1C(=O)C2(C)C(OC)CC(OCCO)CC2C(O)C2(O)CC(OC(=O)C(O)C(NC(=O)OC(C)(C)C)c3ccccc3)C(C)=C1C2(C)C. The van der Waals surface area contributed by atoms with Crippen molar-refractivity contribution in [3.8, 4) is 0 Å². The minimum Gasteiger partial charge on any atom is -0.456 e. The van der Waals surface area contributed by atoms with Crippen molar-refractivity contribution in [2.75, 3.05) is 27.4 Å². The highest BCUT2D eigenvalue weighted by Gasteiger charge is 2.68. The molecule has 4 rings (SSSR count). The lowest BCUT2D eigenvalue weighted by molar-refractivity contribution is -0.233. The predicted molar refractivity (Wildman–Crippen MR) is 181 cm³/mol. The zero-order valence-corrected chi connectivity index (χ0v) is 30.6. The van der Waals surface area contributed by atoms with E-state index in [-0.39, 0.29) is 31.8 Å². The minimum absolute atomic E-state index is 0.0459. The Labute approximate surface area is 294 Å². The molecule has 0 heterocycles. The summed E-state index contributed by atoms with van der Waals surface area (Å²) in [5.74, 6) is -2.35. The van der Waals surface area contributed by atoms with E-state index in [1.165, 1.54) is 14.2 Å². The molecule has 3 aliphatic carbocycles. The number of aliphatic hydroxyl groups is 4. The molecular weight excluding hydrogens is 650 g/mol. The normalized spacial score (nSPS) is 33.7. The van der Waals surface area contributed by atoms with Crippen molar-refractivity contribution in [3.05, 3.63) is 47.0 Å². The summed E-state index contributed by atoms with van der Waals surface area (Å²) in [4.78, 5) is 41.3. The molecule has 10 unspecified atom stereocenters. The molecule has 2 saturated carbocycles. The molecule has 2 bridgehead atoms. The van der Waals surface area contributed by atoms with Crippen LogP contribution in [0, 0.1) is 16.7 Å². The third-order valence-electron chi connectivity index (χ3n) is 11.1. The molecule has 5 N–H and O–H groups in total. The van der Waals surface area contributed by atoms with Crippen LogP contribution in [-0.4, -0.2) is 114 Å². The molecular formula is C37H55NO12. The van der Waals surface area contributed by atoms with Gasteiger partial charge < -0.3 is 49.4 Å². The van der Waals surface area contributed by atoms with Gasteiger partial charge in [-0.05, 0) is 57.7 Å². The van der Waals surface area contributed by atoms with Crippen molar-refractivity contribution in [2.24, 2.45) is 16.7 Å². The number of amides is 1. The smallest absolute Gasteiger partial charge is 0.408 e. The van der Waals surface area contributed by atoms with Crippen molar-refractivity contribution in [3.63, 3.8) is 0 Å². The third kappa shape index (κ3) is 7.23. The first-order valence-electron chi connectivity index (χ1n) is 17.1. The average Bonchev–Trinajstić information content (AvgIpc) is 3.05. The number of benzene rings is 1. The summed E-state index contributed by atoms with van der Waals surface area (Å²) < 4.78 is 29.0. The second-order valence-electron chi connectivity index (χ2n) is 15.5. The van der Waals surface area contributed by atoms with Crippen LogP contribution in [-0.2, 0) is 33.3 Å². The summed E-state index contributed by atoms with van der Waals surface area (Å²) in [5.41, 5.74) is -4.22. The number of rotatable bonds is 10. The third-order valence-corrected chi connectivity index (χ3v) is 11.1. The van der Waals surface area contributed by atoms with Crippen LogP contribution in [0.25, 0.3) is 0 Å². The van der Waals surface area contributed by atoms with Gasteiger partial charge >= 0.3 is 12.1 Å². The van der Waals surface area contributed by atoms with Gasteiger partial charge in [-0.25, -0.2) is 9.59 Å². The number of hydrogen-bond acceptors (Lipinski definition) is 12. The van der Waals surface area contributed by atoms with E-state index < -0.39 is 82.7 Å². The quantitative estimate of drug-likeness (QED) is 0.177. The molecule has 0 aliphatic heterocycles. The summed E-state index contributed by atoms with van der Waals surface area (Å²) in [5, 5.41) is 48.4. The Hall–Kier alpha value is -2.91. The summed E-state index contributed by atoms with van der Waals surface area (Å²) in [6.07, 6.45) is -7.70. The standard InChI is InChI=1S/C37H55NO12/c1-20-24(49-32(43)28(40)27(21-13-11-10-12-14-21)38-33(44)50-34(2,3)4)19-37(45)30(41)23-17-22(48-16-15-39)18-25(46-8)36(23,7)31(42)29(47-9)26(20)35(37,5)6/h10-14,22-25,27-30,39-41,45H,15-19H2,1-9H3,(H,38,44). The molecule has 3 aliphatic rings. The van der Waals surface area contributed by atoms with Gasteiger partial charge in [-0.15, -0.1) is 0 Å². The molecule has 1 aromatic carbocycles. The zero-order chi connectivity index (χ0) is 37.4. The number of Topliss-reactive ketones (excluding diaryl/α,β-unsaturated/α-hetero) is 1. The Balaban J connectivity index is 1.76. The van der Waals surface area contributed by atoms with E-state index in [1.54, 1.807) is 78.8 Å². The lowest BCUT2D eigenvalue weighted by Gasteiger charge is -2.61. The van der Waals surface area contributed by atoms with Crippen molar-refractivity contribution < 1.29 is 58.5 Å². The molecule has 280 valence electrons. The van der Waals surface area contributed by atoms with Crippen LogP contribution in [0.15, 0.2) is 41.5 Å². The molecule has 0 spiro atoms. The van der Waals surface area contributed by atoms with Crippen molar-refractivity contribution in [1.29, 1.82) is 0 Å². The van der Waals surface area contributed by atoms with Crippen molar-refractivity contribution >= 4 is 17.8 Å². The van der Waals surface area contributed by atoms with E-state index in [0.717, 1.165) is 0 Å². The maximum atomic E-state index is 14.7. The maximum absolute atomic E-state index is 14.7. The predicted octanol–water partition coefficient (Wildman–Crippen LogP) is 2.77. The van der Waals surface area contributed by atoms with E-state index >= 15 is 0 Å². The highest BCUT2D eigenvalue weighted by atomic mass is 16.6. The number of hydrogen-bond donors (Lipinski definition) is 5. The summed E-state index contributed by atoms with van der Waals surface area (Å²) in [6, 6.07) is 7.13. The van der Waals surface area contributed by atoms with Crippen LogP contribution in [0.2, 0.25) is 0 Å². The first-order chi connectivity index (χ1) is 23.3. The lowest BCUT2D eigenvalue weighted by atomic mass is 9.48. The number of aliphatic hydroxyl groups excluding tert-OH is 3. The number of methoxy groups -OCH3 is 2. The van der Waals surface area contributed by atoms with Crippen LogP contribution in [0.3, 0.4) is 0 Å². The fraction of sp³-hybridized carbons (Fsp3) is 0.703. The van der Waals surface area contributed by atoms with E-state index in [1.807, 2.05) is 0 Å². The second-order valence-corrected chi connectivity index (χ2v) is 15.5. The van der Waals surface area contributed by atoms with Gasteiger partial charge in [0.2, 0.25) is 0 Å². The van der Waals surface area contributed by atoms with Crippen LogP contribution in [0.4, 0.5) is 4.79 Å². The van der Waals surface area contributed by atoms with Gasteiger partial charge in [0.05, 0.1) is 43.0 Å². The summed E-state index contributed by atoms with van der Waals surface area (Å²) in [7, 11) is 2.87.